The largest absolute Gasteiger partial charge is 0.365 e. The molecule has 1 aliphatic heterocycles. The van der Waals surface area contributed by atoms with Gasteiger partial charge in [-0.2, -0.15) is 0 Å². The molecule has 3 aromatic carbocycles. The summed E-state index contributed by atoms with van der Waals surface area (Å²) in [6.45, 7) is 5.09. The first-order chi connectivity index (χ1) is 19.6. The highest BCUT2D eigenvalue weighted by Gasteiger charge is 2.27. The minimum Gasteiger partial charge on any atom is -0.365 e. The first-order valence-electron chi connectivity index (χ1n) is 13.5. The summed E-state index contributed by atoms with van der Waals surface area (Å²) in [5.41, 5.74) is 4.56. The van der Waals surface area contributed by atoms with Gasteiger partial charge in [-0.25, -0.2) is 9.97 Å². The van der Waals surface area contributed by atoms with E-state index in [0.29, 0.717) is 13.1 Å². The van der Waals surface area contributed by atoms with Crippen LogP contribution in [0.2, 0.25) is 10.0 Å². The van der Waals surface area contributed by atoms with Gasteiger partial charge in [-0.05, 0) is 65.2 Å². The fraction of sp³-hybridized carbons (Fsp3) is 0.219. The molecule has 202 valence electrons. The van der Waals surface area contributed by atoms with Crippen molar-refractivity contribution in [3.05, 3.63) is 130 Å². The molecule has 1 fully saturated rings. The third kappa shape index (κ3) is 6.26. The van der Waals surface area contributed by atoms with Crippen molar-refractivity contribution in [2.75, 3.05) is 31.5 Å². The normalized spacial score (nSPS) is 14.6. The van der Waals surface area contributed by atoms with Crippen LogP contribution in [0.4, 0.5) is 5.82 Å². The van der Waals surface area contributed by atoms with Gasteiger partial charge in [-0.1, -0.05) is 59.6 Å². The number of rotatable bonds is 8. The van der Waals surface area contributed by atoms with E-state index in [-0.39, 0.29) is 6.04 Å². The van der Waals surface area contributed by atoms with E-state index in [4.69, 9.17) is 33.2 Å². The lowest BCUT2D eigenvalue weighted by Gasteiger charge is -2.39. The number of para-hydroxylation sites is 1. The molecule has 1 aliphatic rings. The lowest BCUT2D eigenvalue weighted by atomic mass is 9.96. The van der Waals surface area contributed by atoms with Gasteiger partial charge < -0.3 is 5.32 Å². The van der Waals surface area contributed by atoms with E-state index in [1.165, 1.54) is 11.1 Å². The Kier molecular flexibility index (Phi) is 8.21. The van der Waals surface area contributed by atoms with E-state index in [0.717, 1.165) is 64.3 Å². The van der Waals surface area contributed by atoms with Crippen LogP contribution in [0.1, 0.15) is 28.6 Å². The standard InChI is InChI=1S/C32H30Cl2N6/c33-26-9-5-24(6-10-26)31(25-7-11-27(34)12-8-25)40-19-17-39(18-20-40)22-30-37-29-4-2-1-3-28(29)32(38-30)36-21-23-13-15-35-16-14-23/h1-16,31H,17-22H2,(H,36,37,38). The van der Waals surface area contributed by atoms with Crippen molar-refractivity contribution in [2.24, 2.45) is 0 Å². The zero-order valence-electron chi connectivity index (χ0n) is 22.0. The van der Waals surface area contributed by atoms with Crippen LogP contribution in [0.25, 0.3) is 10.9 Å². The highest BCUT2D eigenvalue weighted by Crippen LogP contribution is 2.31. The monoisotopic (exact) mass is 568 g/mol. The Morgan fingerprint density at radius 2 is 1.35 bits per heavy atom. The molecule has 0 bridgehead atoms. The third-order valence-corrected chi connectivity index (χ3v) is 7.87. The first-order valence-corrected chi connectivity index (χ1v) is 14.2. The lowest BCUT2D eigenvalue weighted by Crippen LogP contribution is -2.47. The van der Waals surface area contributed by atoms with Crippen molar-refractivity contribution >= 4 is 39.9 Å². The number of aromatic nitrogens is 3. The van der Waals surface area contributed by atoms with Gasteiger partial charge >= 0.3 is 0 Å². The molecule has 5 aromatic rings. The summed E-state index contributed by atoms with van der Waals surface area (Å²) < 4.78 is 0. The number of nitrogens with one attached hydrogen (secondary N) is 1. The molecule has 8 heteroatoms. The highest BCUT2D eigenvalue weighted by molar-refractivity contribution is 6.30. The first kappa shape index (κ1) is 26.7. The van der Waals surface area contributed by atoms with E-state index in [1.54, 1.807) is 0 Å². The second-order valence-corrected chi connectivity index (χ2v) is 10.9. The zero-order chi connectivity index (χ0) is 27.3. The van der Waals surface area contributed by atoms with Gasteiger partial charge in [0.15, 0.2) is 0 Å². The molecular weight excluding hydrogens is 539 g/mol. The SMILES string of the molecule is Clc1ccc(C(c2ccc(Cl)cc2)N2CCN(Cc3nc(NCc4ccncc4)c4ccccc4n3)CC2)cc1. The molecular formula is C32H30Cl2N6. The maximum absolute atomic E-state index is 6.21. The summed E-state index contributed by atoms with van der Waals surface area (Å²) in [6, 6.07) is 28.7. The van der Waals surface area contributed by atoms with Crippen molar-refractivity contribution < 1.29 is 0 Å². The Morgan fingerprint density at radius 3 is 2.00 bits per heavy atom. The van der Waals surface area contributed by atoms with Crippen LogP contribution in [0.3, 0.4) is 0 Å². The van der Waals surface area contributed by atoms with Gasteiger partial charge in [-0.3, -0.25) is 14.8 Å². The summed E-state index contributed by atoms with van der Waals surface area (Å²) in [5, 5.41) is 6.04. The number of piperazine rings is 1. The fourth-order valence-corrected chi connectivity index (χ4v) is 5.55. The second kappa shape index (κ2) is 12.3. The minimum absolute atomic E-state index is 0.137. The van der Waals surface area contributed by atoms with E-state index in [2.05, 4.69) is 56.5 Å². The lowest BCUT2D eigenvalue weighted by molar-refractivity contribution is 0.103. The van der Waals surface area contributed by atoms with Gasteiger partial charge in [0.2, 0.25) is 0 Å². The van der Waals surface area contributed by atoms with Gasteiger partial charge in [0, 0.05) is 60.5 Å². The molecule has 0 amide bonds. The predicted molar refractivity (Wildman–Crippen MR) is 163 cm³/mol. The van der Waals surface area contributed by atoms with Crippen LogP contribution in [0.5, 0.6) is 0 Å². The minimum atomic E-state index is 0.137. The maximum Gasteiger partial charge on any atom is 0.145 e. The number of nitrogens with zero attached hydrogens (tertiary/aromatic N) is 5. The van der Waals surface area contributed by atoms with Crippen LogP contribution >= 0.6 is 23.2 Å². The van der Waals surface area contributed by atoms with Crippen LogP contribution in [0, 0.1) is 0 Å². The molecule has 0 spiro atoms. The van der Waals surface area contributed by atoms with Crippen molar-refractivity contribution in [3.63, 3.8) is 0 Å². The Labute approximate surface area is 244 Å². The Morgan fingerprint density at radius 1 is 0.725 bits per heavy atom. The number of hydrogen-bond donors (Lipinski definition) is 1. The molecule has 0 aliphatic carbocycles. The number of anilines is 1. The van der Waals surface area contributed by atoms with E-state index in [1.807, 2.05) is 60.9 Å². The number of fused-ring (bicyclic) bond motifs is 1. The summed E-state index contributed by atoms with van der Waals surface area (Å²) in [5.74, 6) is 1.69. The third-order valence-electron chi connectivity index (χ3n) is 7.37. The molecule has 2 aromatic heterocycles. The van der Waals surface area contributed by atoms with E-state index in [9.17, 15) is 0 Å². The van der Waals surface area contributed by atoms with Gasteiger partial charge in [0.05, 0.1) is 18.1 Å². The molecule has 40 heavy (non-hydrogen) atoms. The second-order valence-electron chi connectivity index (χ2n) is 10.0. The molecule has 0 radical (unpaired) electrons. The van der Waals surface area contributed by atoms with Crippen molar-refractivity contribution in [1.82, 2.24) is 24.8 Å². The van der Waals surface area contributed by atoms with Crippen LogP contribution < -0.4 is 5.32 Å². The predicted octanol–water partition coefficient (Wildman–Crippen LogP) is 6.85. The summed E-state index contributed by atoms with van der Waals surface area (Å²) in [7, 11) is 0. The number of halogens is 2. The molecule has 0 atom stereocenters. The van der Waals surface area contributed by atoms with Crippen molar-refractivity contribution in [1.29, 1.82) is 0 Å². The molecule has 3 heterocycles. The van der Waals surface area contributed by atoms with Crippen LogP contribution in [-0.4, -0.2) is 50.9 Å². The molecule has 1 saturated heterocycles. The Bertz CT molecular complexity index is 1510. The summed E-state index contributed by atoms with van der Waals surface area (Å²) in [4.78, 5) is 19.0. The number of hydrogen-bond acceptors (Lipinski definition) is 6. The van der Waals surface area contributed by atoms with Crippen molar-refractivity contribution in [3.8, 4) is 0 Å². The topological polar surface area (TPSA) is 57.2 Å². The maximum atomic E-state index is 6.21. The van der Waals surface area contributed by atoms with Crippen LogP contribution in [-0.2, 0) is 13.1 Å². The van der Waals surface area contributed by atoms with E-state index >= 15 is 0 Å². The molecule has 1 N–H and O–H groups in total. The van der Waals surface area contributed by atoms with Gasteiger partial charge in [-0.15, -0.1) is 0 Å². The molecule has 6 nitrogen and oxygen atoms in total. The average Bonchev–Trinajstić information content (AvgIpc) is 2.99. The summed E-state index contributed by atoms with van der Waals surface area (Å²) >= 11 is 12.4. The number of pyridine rings is 1. The Hall–Kier alpha value is -3.55. The van der Waals surface area contributed by atoms with Crippen molar-refractivity contribution in [2.45, 2.75) is 19.1 Å². The Balaban J connectivity index is 1.17. The van der Waals surface area contributed by atoms with Crippen LogP contribution in [0.15, 0.2) is 97.3 Å². The van der Waals surface area contributed by atoms with Gasteiger partial charge in [0.1, 0.15) is 11.6 Å². The molecule has 6 rings (SSSR count). The molecule has 0 unspecified atom stereocenters. The number of benzene rings is 3. The summed E-state index contributed by atoms with van der Waals surface area (Å²) in [6.07, 6.45) is 3.62. The average molecular weight is 570 g/mol. The highest BCUT2D eigenvalue weighted by atomic mass is 35.5. The molecule has 0 saturated carbocycles. The fourth-order valence-electron chi connectivity index (χ4n) is 5.30. The quantitative estimate of drug-likeness (QED) is 0.221. The smallest absolute Gasteiger partial charge is 0.145 e. The zero-order valence-corrected chi connectivity index (χ0v) is 23.6. The van der Waals surface area contributed by atoms with Gasteiger partial charge in [0.25, 0.3) is 0 Å². The van der Waals surface area contributed by atoms with E-state index < -0.39 is 0 Å².